The van der Waals surface area contributed by atoms with Gasteiger partial charge in [0.15, 0.2) is 0 Å². The molecule has 0 amide bonds. The van der Waals surface area contributed by atoms with E-state index in [0.717, 1.165) is 33.4 Å². The number of terminal acetylenes is 2. The summed E-state index contributed by atoms with van der Waals surface area (Å²) in [6.45, 7) is 0. The lowest BCUT2D eigenvalue weighted by Crippen LogP contribution is -1.90. The van der Waals surface area contributed by atoms with Crippen LogP contribution in [0.4, 0.5) is 0 Å². The molecule has 0 aliphatic carbocycles. The molecule has 0 N–H and O–H groups in total. The maximum Gasteiger partial charge on any atom is 0.0321 e. The van der Waals surface area contributed by atoms with Gasteiger partial charge in [-0.1, -0.05) is 96.8 Å². The molecule has 0 aromatic heterocycles. The standard InChI is InChI=1S/C26H18/c1-3-23-19-26(18-16-22-13-9-6-10-14-22)24(4-2)20-25(23)17-15-21-11-7-5-8-12-21/h1-2,5-20H/b17-15+,18-16+. The molecule has 0 unspecified atom stereocenters. The highest BCUT2D eigenvalue weighted by molar-refractivity contribution is 5.79. The van der Waals surface area contributed by atoms with Crippen molar-refractivity contribution in [2.24, 2.45) is 0 Å². The van der Waals surface area contributed by atoms with E-state index in [-0.39, 0.29) is 0 Å². The summed E-state index contributed by atoms with van der Waals surface area (Å²) in [5.74, 6) is 5.54. The third-order valence-corrected chi connectivity index (χ3v) is 4.04. The van der Waals surface area contributed by atoms with Crippen LogP contribution in [-0.2, 0) is 0 Å². The van der Waals surface area contributed by atoms with E-state index in [1.807, 2.05) is 97.1 Å². The molecule has 0 heteroatoms. The average molecular weight is 330 g/mol. The molecule has 0 spiro atoms. The van der Waals surface area contributed by atoms with Crippen LogP contribution >= 0.6 is 0 Å². The highest BCUT2D eigenvalue weighted by Crippen LogP contribution is 2.21. The quantitative estimate of drug-likeness (QED) is 0.407. The Morgan fingerprint density at radius 1 is 0.538 bits per heavy atom. The van der Waals surface area contributed by atoms with Gasteiger partial charge in [0, 0.05) is 11.1 Å². The van der Waals surface area contributed by atoms with E-state index in [0.29, 0.717) is 0 Å². The Kier molecular flexibility index (Phi) is 5.51. The van der Waals surface area contributed by atoms with E-state index < -0.39 is 0 Å². The molecule has 3 rings (SSSR count). The Labute approximate surface area is 155 Å². The molecule has 0 nitrogen and oxygen atoms in total. The predicted octanol–water partition coefficient (Wildman–Crippen LogP) is 5.99. The molecule has 0 fully saturated rings. The van der Waals surface area contributed by atoms with Gasteiger partial charge in [0.1, 0.15) is 0 Å². The fraction of sp³-hybridized carbons (Fsp3) is 0. The largest absolute Gasteiger partial charge is 0.115 e. The van der Waals surface area contributed by atoms with Crippen LogP contribution in [0.25, 0.3) is 24.3 Å². The Morgan fingerprint density at radius 3 is 1.27 bits per heavy atom. The fourth-order valence-electron chi connectivity index (χ4n) is 2.66. The van der Waals surface area contributed by atoms with Crippen molar-refractivity contribution in [2.45, 2.75) is 0 Å². The van der Waals surface area contributed by atoms with Crippen molar-refractivity contribution >= 4 is 24.3 Å². The highest BCUT2D eigenvalue weighted by atomic mass is 14.1. The lowest BCUT2D eigenvalue weighted by atomic mass is 9.97. The molecule has 26 heavy (non-hydrogen) atoms. The van der Waals surface area contributed by atoms with Crippen molar-refractivity contribution in [2.75, 3.05) is 0 Å². The summed E-state index contributed by atoms with van der Waals surface area (Å²) in [7, 11) is 0. The molecule has 0 bridgehead atoms. The van der Waals surface area contributed by atoms with Crippen LogP contribution in [0.1, 0.15) is 33.4 Å². The van der Waals surface area contributed by atoms with Gasteiger partial charge >= 0.3 is 0 Å². The summed E-state index contributed by atoms with van der Waals surface area (Å²) in [4.78, 5) is 0. The highest BCUT2D eigenvalue weighted by Gasteiger charge is 2.04. The fourth-order valence-corrected chi connectivity index (χ4v) is 2.66. The molecule has 0 atom stereocenters. The molecule has 0 saturated heterocycles. The Hall–Kier alpha value is -3.74. The first-order valence-corrected chi connectivity index (χ1v) is 8.37. The zero-order valence-electron chi connectivity index (χ0n) is 14.4. The van der Waals surface area contributed by atoms with Crippen molar-refractivity contribution in [1.82, 2.24) is 0 Å². The van der Waals surface area contributed by atoms with Crippen LogP contribution in [0, 0.1) is 24.7 Å². The van der Waals surface area contributed by atoms with Crippen molar-refractivity contribution in [1.29, 1.82) is 0 Å². The first-order valence-electron chi connectivity index (χ1n) is 8.37. The van der Waals surface area contributed by atoms with Crippen LogP contribution < -0.4 is 0 Å². The van der Waals surface area contributed by atoms with Crippen molar-refractivity contribution in [3.8, 4) is 24.7 Å². The number of hydrogen-bond acceptors (Lipinski definition) is 0. The summed E-state index contributed by atoms with van der Waals surface area (Å²) in [5.41, 5.74) is 5.77. The number of benzene rings is 3. The maximum atomic E-state index is 5.73. The van der Waals surface area contributed by atoms with E-state index >= 15 is 0 Å². The lowest BCUT2D eigenvalue weighted by molar-refractivity contribution is 1.53. The van der Waals surface area contributed by atoms with Crippen molar-refractivity contribution in [3.63, 3.8) is 0 Å². The molecule has 122 valence electrons. The number of hydrogen-bond donors (Lipinski definition) is 0. The Balaban J connectivity index is 1.96. The van der Waals surface area contributed by atoms with Gasteiger partial charge in [0.05, 0.1) is 0 Å². The van der Waals surface area contributed by atoms with Gasteiger partial charge in [0.25, 0.3) is 0 Å². The summed E-state index contributed by atoms with van der Waals surface area (Å²) in [6.07, 6.45) is 19.6. The van der Waals surface area contributed by atoms with Gasteiger partial charge in [-0.3, -0.25) is 0 Å². The predicted molar refractivity (Wildman–Crippen MR) is 113 cm³/mol. The monoisotopic (exact) mass is 330 g/mol. The van der Waals surface area contributed by atoms with Gasteiger partial charge in [0.2, 0.25) is 0 Å². The van der Waals surface area contributed by atoms with E-state index in [9.17, 15) is 0 Å². The van der Waals surface area contributed by atoms with Crippen LogP contribution in [0.5, 0.6) is 0 Å². The number of rotatable bonds is 4. The van der Waals surface area contributed by atoms with Crippen LogP contribution in [-0.4, -0.2) is 0 Å². The third-order valence-electron chi connectivity index (χ3n) is 4.04. The molecule has 3 aromatic carbocycles. The van der Waals surface area contributed by atoms with Crippen LogP contribution in [0.3, 0.4) is 0 Å². The smallest absolute Gasteiger partial charge is 0.0321 e. The van der Waals surface area contributed by atoms with Gasteiger partial charge in [-0.2, -0.15) is 0 Å². The average Bonchev–Trinajstić information content (AvgIpc) is 2.72. The molecular weight excluding hydrogens is 312 g/mol. The van der Waals surface area contributed by atoms with Gasteiger partial charge in [-0.05, 0) is 34.4 Å². The van der Waals surface area contributed by atoms with Crippen LogP contribution in [0.15, 0.2) is 72.8 Å². The second kappa shape index (κ2) is 8.39. The minimum Gasteiger partial charge on any atom is -0.115 e. The Morgan fingerprint density at radius 2 is 0.923 bits per heavy atom. The summed E-state index contributed by atoms with van der Waals surface area (Å²) in [6, 6.07) is 24.1. The first-order chi connectivity index (χ1) is 12.8. The third kappa shape index (κ3) is 4.21. The summed E-state index contributed by atoms with van der Waals surface area (Å²) in [5, 5.41) is 0. The summed E-state index contributed by atoms with van der Waals surface area (Å²) >= 11 is 0. The van der Waals surface area contributed by atoms with Crippen LogP contribution in [0.2, 0.25) is 0 Å². The first kappa shape index (κ1) is 17.1. The molecule has 3 aromatic rings. The van der Waals surface area contributed by atoms with E-state index in [2.05, 4.69) is 11.8 Å². The Bertz CT molecular complexity index is 934. The minimum atomic E-state index is 0.823. The second-order valence-electron chi connectivity index (χ2n) is 5.80. The SMILES string of the molecule is C#Cc1cc(/C=C/c2ccccc2)c(C#C)cc1/C=C/c1ccccc1. The van der Waals surface area contributed by atoms with E-state index in [4.69, 9.17) is 12.8 Å². The topological polar surface area (TPSA) is 0 Å². The molecule has 0 aliphatic rings. The maximum absolute atomic E-state index is 5.73. The molecule has 0 aliphatic heterocycles. The second-order valence-corrected chi connectivity index (χ2v) is 5.80. The molecule has 0 heterocycles. The van der Waals surface area contributed by atoms with Gasteiger partial charge in [-0.15, -0.1) is 12.8 Å². The van der Waals surface area contributed by atoms with E-state index in [1.165, 1.54) is 0 Å². The van der Waals surface area contributed by atoms with Gasteiger partial charge < -0.3 is 0 Å². The zero-order valence-corrected chi connectivity index (χ0v) is 14.4. The summed E-state index contributed by atoms with van der Waals surface area (Å²) < 4.78 is 0. The van der Waals surface area contributed by atoms with Crippen molar-refractivity contribution in [3.05, 3.63) is 106 Å². The van der Waals surface area contributed by atoms with Gasteiger partial charge in [-0.25, -0.2) is 0 Å². The zero-order chi connectivity index (χ0) is 18.2. The molecular formula is C26H18. The molecule has 0 saturated carbocycles. The normalized spacial score (nSPS) is 10.7. The molecule has 0 radical (unpaired) electrons. The van der Waals surface area contributed by atoms with Crippen molar-refractivity contribution < 1.29 is 0 Å². The lowest BCUT2D eigenvalue weighted by Gasteiger charge is -2.06. The van der Waals surface area contributed by atoms with E-state index in [1.54, 1.807) is 0 Å². The minimum absolute atomic E-state index is 0.823.